The first kappa shape index (κ1) is 13.8. The zero-order chi connectivity index (χ0) is 14.5. The molecule has 0 saturated carbocycles. The number of ketones is 1. The molecular weight excluding hydrogens is 268 g/mol. The van der Waals surface area contributed by atoms with Crippen LogP contribution in [0.5, 0.6) is 0 Å². The van der Waals surface area contributed by atoms with E-state index in [0.29, 0.717) is 0 Å². The number of rotatable bonds is 2. The molecule has 0 bridgehead atoms. The van der Waals surface area contributed by atoms with Gasteiger partial charge < -0.3 is 4.74 Å². The molecule has 3 heteroatoms. The van der Waals surface area contributed by atoms with E-state index in [0.717, 1.165) is 17.4 Å². The monoisotopic (exact) mass is 288 g/mol. The number of Topliss-reactive ketones (excluding diaryl/α,β-unsaturated/α-hetero) is 1. The second kappa shape index (κ2) is 4.40. The minimum atomic E-state index is -0.399. The lowest BCUT2D eigenvalue weighted by Gasteiger charge is -2.26. The fourth-order valence-corrected chi connectivity index (χ4v) is 4.28. The van der Waals surface area contributed by atoms with E-state index in [2.05, 4.69) is 19.9 Å². The van der Waals surface area contributed by atoms with Crippen molar-refractivity contribution in [2.24, 2.45) is 5.92 Å². The maximum Gasteiger partial charge on any atom is 0.170 e. The average Bonchev–Trinajstić information content (AvgIpc) is 2.86. The summed E-state index contributed by atoms with van der Waals surface area (Å²) in [6.45, 7) is 8.18. The first-order chi connectivity index (χ1) is 9.30. The number of hydrogen-bond donors (Lipinski definition) is 0. The average molecular weight is 288 g/mol. The van der Waals surface area contributed by atoms with Crippen LogP contribution in [-0.4, -0.2) is 17.0 Å². The van der Waals surface area contributed by atoms with Crippen LogP contribution in [0.15, 0.2) is 29.6 Å². The number of carbonyl (C=O) groups excluding carboxylic acids is 1. The predicted molar refractivity (Wildman–Crippen MR) is 83.5 cm³/mol. The molecule has 1 unspecified atom stereocenters. The van der Waals surface area contributed by atoms with Crippen LogP contribution in [0, 0.1) is 5.92 Å². The van der Waals surface area contributed by atoms with Crippen molar-refractivity contribution >= 4 is 27.2 Å². The third-order valence-corrected chi connectivity index (χ3v) is 5.10. The fraction of sp³-hybridized carbons (Fsp3) is 0.471. The molecule has 1 aliphatic heterocycles. The highest BCUT2D eigenvalue weighted by Gasteiger charge is 2.49. The Balaban J connectivity index is 2.01. The van der Waals surface area contributed by atoms with E-state index in [1.807, 2.05) is 37.4 Å². The molecule has 1 aromatic carbocycles. The summed E-state index contributed by atoms with van der Waals surface area (Å²) in [6, 6.07) is 8.11. The van der Waals surface area contributed by atoms with Gasteiger partial charge in [0.05, 0.1) is 17.1 Å². The Bertz CT molecular complexity index is 666. The summed E-state index contributed by atoms with van der Waals surface area (Å²) in [5, 5.41) is 3.07. The van der Waals surface area contributed by atoms with Crippen LogP contribution in [0.25, 0.3) is 10.1 Å². The molecule has 1 aromatic heterocycles. The van der Waals surface area contributed by atoms with Crippen LogP contribution in [-0.2, 0) is 4.74 Å². The summed E-state index contributed by atoms with van der Waals surface area (Å²) >= 11 is 1.64. The number of fused-ring (bicyclic) bond motifs is 1. The minimum absolute atomic E-state index is 0.0736. The van der Waals surface area contributed by atoms with Crippen molar-refractivity contribution in [1.82, 2.24) is 0 Å². The lowest BCUT2D eigenvalue weighted by atomic mass is 9.81. The van der Waals surface area contributed by atoms with Crippen LogP contribution in [0.2, 0.25) is 0 Å². The van der Waals surface area contributed by atoms with Crippen molar-refractivity contribution < 1.29 is 9.53 Å². The van der Waals surface area contributed by atoms with Gasteiger partial charge in [0.15, 0.2) is 5.78 Å². The number of thiophene rings is 1. The van der Waals surface area contributed by atoms with E-state index >= 15 is 0 Å². The van der Waals surface area contributed by atoms with Crippen LogP contribution in [0.4, 0.5) is 0 Å². The third-order valence-electron chi connectivity index (χ3n) is 4.14. The Morgan fingerprint density at radius 1 is 1.25 bits per heavy atom. The Hall–Kier alpha value is -1.19. The fourth-order valence-electron chi connectivity index (χ4n) is 3.33. The normalized spacial score (nSPS) is 24.1. The van der Waals surface area contributed by atoms with Crippen molar-refractivity contribution in [3.05, 3.63) is 35.2 Å². The molecule has 3 rings (SSSR count). The number of benzene rings is 1. The maximum atomic E-state index is 13.0. The van der Waals surface area contributed by atoms with Gasteiger partial charge in [0.2, 0.25) is 0 Å². The molecular formula is C17H20O2S. The number of ether oxygens (including phenoxy) is 1. The zero-order valence-electron chi connectivity index (χ0n) is 12.4. The van der Waals surface area contributed by atoms with Crippen LogP contribution >= 0.6 is 11.3 Å². The summed E-state index contributed by atoms with van der Waals surface area (Å²) in [6.07, 6.45) is 0.781. The van der Waals surface area contributed by atoms with Crippen LogP contribution < -0.4 is 0 Å². The quantitative estimate of drug-likeness (QED) is 0.750. The van der Waals surface area contributed by atoms with Crippen LogP contribution in [0.3, 0.4) is 0 Å². The van der Waals surface area contributed by atoms with Crippen molar-refractivity contribution in [3.8, 4) is 0 Å². The van der Waals surface area contributed by atoms with Gasteiger partial charge in [-0.1, -0.05) is 18.2 Å². The second-order valence-electron chi connectivity index (χ2n) is 6.73. The van der Waals surface area contributed by atoms with Gasteiger partial charge >= 0.3 is 0 Å². The van der Waals surface area contributed by atoms with Gasteiger partial charge in [-0.3, -0.25) is 4.79 Å². The maximum absolute atomic E-state index is 13.0. The predicted octanol–water partition coefficient (Wildman–Crippen LogP) is 4.68. The highest BCUT2D eigenvalue weighted by Crippen LogP contribution is 2.44. The van der Waals surface area contributed by atoms with Crippen LogP contribution in [0.1, 0.15) is 44.5 Å². The summed E-state index contributed by atoms with van der Waals surface area (Å²) in [5.74, 6) is 0.147. The van der Waals surface area contributed by atoms with Crippen molar-refractivity contribution in [3.63, 3.8) is 0 Å². The highest BCUT2D eigenvalue weighted by molar-refractivity contribution is 7.17. The molecule has 106 valence electrons. The lowest BCUT2D eigenvalue weighted by molar-refractivity contribution is -0.0712. The van der Waals surface area contributed by atoms with Gasteiger partial charge in [-0.25, -0.2) is 0 Å². The van der Waals surface area contributed by atoms with E-state index in [1.54, 1.807) is 11.3 Å². The molecule has 0 aliphatic carbocycles. The molecule has 0 amide bonds. The molecule has 2 nitrogen and oxygen atoms in total. The smallest absolute Gasteiger partial charge is 0.170 e. The van der Waals surface area contributed by atoms with E-state index in [9.17, 15) is 4.79 Å². The minimum Gasteiger partial charge on any atom is -0.369 e. The Labute approximate surface area is 123 Å². The molecule has 0 spiro atoms. The number of hydrogen-bond acceptors (Lipinski definition) is 3. The van der Waals surface area contributed by atoms with Gasteiger partial charge in [0.25, 0.3) is 0 Å². The molecule has 0 N–H and O–H groups in total. The largest absolute Gasteiger partial charge is 0.369 e. The van der Waals surface area contributed by atoms with Gasteiger partial charge in [0.1, 0.15) is 0 Å². The SMILES string of the molecule is CC1(C)CC(C(=O)c2csc3ccccc23)C(C)(C)O1. The Morgan fingerprint density at radius 3 is 2.60 bits per heavy atom. The molecule has 1 fully saturated rings. The second-order valence-corrected chi connectivity index (χ2v) is 7.64. The first-order valence-electron chi connectivity index (χ1n) is 7.01. The summed E-state index contributed by atoms with van der Waals surface area (Å²) in [4.78, 5) is 13.0. The van der Waals surface area contributed by atoms with Crippen molar-refractivity contribution in [2.75, 3.05) is 0 Å². The highest BCUT2D eigenvalue weighted by atomic mass is 32.1. The molecule has 2 heterocycles. The molecule has 1 atom stereocenters. The zero-order valence-corrected chi connectivity index (χ0v) is 13.2. The van der Waals surface area contributed by atoms with E-state index in [1.165, 1.54) is 4.70 Å². The molecule has 1 aliphatic rings. The van der Waals surface area contributed by atoms with Crippen molar-refractivity contribution in [1.29, 1.82) is 0 Å². The Morgan fingerprint density at radius 2 is 1.95 bits per heavy atom. The summed E-state index contributed by atoms with van der Waals surface area (Å²) in [7, 11) is 0. The molecule has 0 radical (unpaired) electrons. The Kier molecular flexibility index (Phi) is 3.03. The topological polar surface area (TPSA) is 26.3 Å². The van der Waals surface area contributed by atoms with E-state index in [4.69, 9.17) is 4.74 Å². The van der Waals surface area contributed by atoms with Gasteiger partial charge in [-0.05, 0) is 40.2 Å². The van der Waals surface area contributed by atoms with Gasteiger partial charge in [-0.15, -0.1) is 11.3 Å². The lowest BCUT2D eigenvalue weighted by Crippen LogP contribution is -2.33. The molecule has 20 heavy (non-hydrogen) atoms. The standard InChI is InChI=1S/C17H20O2S/c1-16(2)9-13(17(3,4)19-16)15(18)12-10-20-14-8-6-5-7-11(12)14/h5-8,10,13H,9H2,1-4H3. The molecule has 2 aromatic rings. The van der Waals surface area contributed by atoms with Crippen molar-refractivity contribution in [2.45, 2.75) is 45.3 Å². The number of carbonyl (C=O) groups is 1. The van der Waals surface area contributed by atoms with Gasteiger partial charge in [-0.2, -0.15) is 0 Å². The molecule has 1 saturated heterocycles. The summed E-state index contributed by atoms with van der Waals surface area (Å²) < 4.78 is 7.24. The van der Waals surface area contributed by atoms with Gasteiger partial charge in [0, 0.05) is 21.0 Å². The van der Waals surface area contributed by atoms with E-state index < -0.39 is 5.60 Å². The van der Waals surface area contributed by atoms with E-state index in [-0.39, 0.29) is 17.3 Å². The summed E-state index contributed by atoms with van der Waals surface area (Å²) in [5.41, 5.74) is 0.226. The third kappa shape index (κ3) is 2.19. The first-order valence-corrected chi connectivity index (χ1v) is 7.89.